The number of nitrogens with zero attached hydrogens (tertiary/aromatic N) is 2. The molecule has 0 bridgehead atoms. The third kappa shape index (κ3) is 5.41. The van der Waals surface area contributed by atoms with Crippen LogP contribution in [-0.4, -0.2) is 56.3 Å². The summed E-state index contributed by atoms with van der Waals surface area (Å²) in [5.74, 6) is -1.68. The molecule has 0 atom stereocenters. The van der Waals surface area contributed by atoms with Crippen LogP contribution in [0.1, 0.15) is 16.7 Å². The number of amides is 1. The lowest BCUT2D eigenvalue weighted by Gasteiger charge is -2.33. The third-order valence-corrected chi connectivity index (χ3v) is 7.12. The van der Waals surface area contributed by atoms with Crippen LogP contribution in [0.2, 0.25) is 0 Å². The van der Waals surface area contributed by atoms with Gasteiger partial charge in [0.1, 0.15) is 11.6 Å². The topological polar surface area (TPSA) is 69.7 Å². The monoisotopic (exact) mass is 437 g/mol. The normalized spacial score (nSPS) is 15.9. The molecule has 0 aliphatic carbocycles. The Bertz CT molecular complexity index is 1020. The predicted molar refractivity (Wildman–Crippen MR) is 109 cm³/mol. The Morgan fingerprint density at radius 1 is 0.967 bits per heavy atom. The van der Waals surface area contributed by atoms with Crippen molar-refractivity contribution in [2.45, 2.75) is 25.3 Å². The van der Waals surface area contributed by atoms with Gasteiger partial charge in [-0.3, -0.25) is 9.69 Å². The van der Waals surface area contributed by atoms with Gasteiger partial charge in [-0.05, 0) is 54.8 Å². The van der Waals surface area contributed by atoms with Crippen molar-refractivity contribution in [3.8, 4) is 0 Å². The van der Waals surface area contributed by atoms with Crippen LogP contribution in [0.5, 0.6) is 0 Å². The van der Waals surface area contributed by atoms with Crippen molar-refractivity contribution in [3.05, 3.63) is 64.7 Å². The zero-order valence-corrected chi connectivity index (χ0v) is 17.8. The summed E-state index contributed by atoms with van der Waals surface area (Å²) in [4.78, 5) is 14.3. The smallest absolute Gasteiger partial charge is 0.243 e. The van der Waals surface area contributed by atoms with E-state index in [1.807, 2.05) is 18.7 Å². The number of carbonyl (C=O) groups excluding carboxylic acids is 1. The number of carbonyl (C=O) groups is 1. The highest BCUT2D eigenvalue weighted by atomic mass is 32.2. The fourth-order valence-corrected chi connectivity index (χ4v) is 4.83. The van der Waals surface area contributed by atoms with Crippen LogP contribution < -0.4 is 5.32 Å². The van der Waals surface area contributed by atoms with Gasteiger partial charge in [-0.15, -0.1) is 0 Å². The molecule has 162 valence electrons. The molecule has 1 saturated heterocycles. The Morgan fingerprint density at radius 3 is 2.20 bits per heavy atom. The van der Waals surface area contributed by atoms with Gasteiger partial charge in [-0.1, -0.05) is 6.07 Å². The lowest BCUT2D eigenvalue weighted by atomic mass is 10.1. The highest BCUT2D eigenvalue weighted by Gasteiger charge is 2.29. The maximum atomic E-state index is 13.2. The van der Waals surface area contributed by atoms with E-state index in [1.165, 1.54) is 16.4 Å². The van der Waals surface area contributed by atoms with Gasteiger partial charge in [-0.25, -0.2) is 17.2 Å². The van der Waals surface area contributed by atoms with E-state index < -0.39 is 21.7 Å². The predicted octanol–water partition coefficient (Wildman–Crippen LogP) is 2.20. The van der Waals surface area contributed by atoms with Crippen molar-refractivity contribution in [1.82, 2.24) is 14.5 Å². The standard InChI is InChI=1S/C21H25F2N3O3S/c1-15-3-4-20(9-16(15)2)30(28,29)26-7-5-25(6-8-26)14-21(27)24-13-17-10-18(22)12-19(23)11-17/h3-4,9-12H,5-8,13-14H2,1-2H3,(H,24,27). The number of piperazine rings is 1. The minimum absolute atomic E-state index is 0.0225. The van der Waals surface area contributed by atoms with Crippen LogP contribution in [0.25, 0.3) is 0 Å². The highest BCUT2D eigenvalue weighted by Crippen LogP contribution is 2.20. The second kappa shape index (κ2) is 9.20. The van der Waals surface area contributed by atoms with Gasteiger partial charge in [-0.2, -0.15) is 4.31 Å². The molecular formula is C21H25F2N3O3S. The number of halogens is 2. The van der Waals surface area contributed by atoms with E-state index in [1.54, 1.807) is 18.2 Å². The second-order valence-electron chi connectivity index (χ2n) is 7.48. The van der Waals surface area contributed by atoms with Crippen molar-refractivity contribution >= 4 is 15.9 Å². The van der Waals surface area contributed by atoms with Gasteiger partial charge < -0.3 is 5.32 Å². The molecule has 1 N–H and O–H groups in total. The van der Waals surface area contributed by atoms with Crippen LogP contribution in [0.3, 0.4) is 0 Å². The van der Waals surface area contributed by atoms with Gasteiger partial charge >= 0.3 is 0 Å². The molecule has 1 amide bonds. The Kier molecular flexibility index (Phi) is 6.84. The van der Waals surface area contributed by atoms with Crippen LogP contribution in [0, 0.1) is 25.5 Å². The number of hydrogen-bond donors (Lipinski definition) is 1. The number of rotatable bonds is 6. The lowest BCUT2D eigenvalue weighted by molar-refractivity contribution is -0.122. The summed E-state index contributed by atoms with van der Waals surface area (Å²) >= 11 is 0. The molecule has 1 aliphatic heterocycles. The summed E-state index contributed by atoms with van der Waals surface area (Å²) in [5, 5.41) is 2.63. The van der Waals surface area contributed by atoms with E-state index in [9.17, 15) is 22.0 Å². The minimum Gasteiger partial charge on any atom is -0.351 e. The van der Waals surface area contributed by atoms with E-state index in [0.717, 1.165) is 17.2 Å². The zero-order valence-electron chi connectivity index (χ0n) is 17.0. The maximum Gasteiger partial charge on any atom is 0.243 e. The van der Waals surface area contributed by atoms with Gasteiger partial charge in [0.25, 0.3) is 0 Å². The van der Waals surface area contributed by atoms with Gasteiger partial charge in [0.05, 0.1) is 11.4 Å². The molecule has 0 aromatic heterocycles. The first-order valence-electron chi connectivity index (χ1n) is 9.66. The van der Waals surface area contributed by atoms with E-state index >= 15 is 0 Å². The molecule has 2 aromatic carbocycles. The highest BCUT2D eigenvalue weighted by molar-refractivity contribution is 7.89. The molecule has 2 aromatic rings. The van der Waals surface area contributed by atoms with Gasteiger partial charge in [0, 0.05) is 38.8 Å². The lowest BCUT2D eigenvalue weighted by Crippen LogP contribution is -2.51. The summed E-state index contributed by atoms with van der Waals surface area (Å²) < 4.78 is 53.6. The van der Waals surface area contributed by atoms with Crippen LogP contribution in [0.15, 0.2) is 41.3 Å². The Morgan fingerprint density at radius 2 is 1.60 bits per heavy atom. The fraction of sp³-hybridized carbons (Fsp3) is 0.381. The van der Waals surface area contributed by atoms with Crippen molar-refractivity contribution in [1.29, 1.82) is 0 Å². The summed E-state index contributed by atoms with van der Waals surface area (Å²) in [7, 11) is -3.57. The van der Waals surface area contributed by atoms with Crippen LogP contribution >= 0.6 is 0 Å². The molecule has 6 nitrogen and oxygen atoms in total. The summed E-state index contributed by atoms with van der Waals surface area (Å²) in [6.07, 6.45) is 0. The average Bonchev–Trinajstić information content (AvgIpc) is 2.68. The van der Waals surface area contributed by atoms with Crippen molar-refractivity contribution in [3.63, 3.8) is 0 Å². The number of aryl methyl sites for hydroxylation is 2. The van der Waals surface area contributed by atoms with Crippen LogP contribution in [0.4, 0.5) is 8.78 Å². The first-order chi connectivity index (χ1) is 14.1. The SMILES string of the molecule is Cc1ccc(S(=O)(=O)N2CCN(CC(=O)NCc3cc(F)cc(F)c3)CC2)cc1C. The van der Waals surface area contributed by atoms with E-state index in [4.69, 9.17) is 0 Å². The second-order valence-corrected chi connectivity index (χ2v) is 9.42. The van der Waals surface area contributed by atoms with E-state index in [2.05, 4.69) is 5.32 Å². The number of nitrogens with one attached hydrogen (secondary N) is 1. The first-order valence-corrected chi connectivity index (χ1v) is 11.1. The largest absolute Gasteiger partial charge is 0.351 e. The molecule has 0 saturated carbocycles. The van der Waals surface area contributed by atoms with Crippen molar-refractivity contribution in [2.24, 2.45) is 0 Å². The molecule has 0 spiro atoms. The molecule has 30 heavy (non-hydrogen) atoms. The van der Waals surface area contributed by atoms with E-state index in [0.29, 0.717) is 18.7 Å². The number of hydrogen-bond acceptors (Lipinski definition) is 4. The molecule has 3 rings (SSSR count). The van der Waals surface area contributed by atoms with E-state index in [-0.39, 0.29) is 37.0 Å². The molecule has 1 fully saturated rings. The van der Waals surface area contributed by atoms with Crippen molar-refractivity contribution in [2.75, 3.05) is 32.7 Å². The Balaban J connectivity index is 1.51. The fourth-order valence-electron chi connectivity index (χ4n) is 3.32. The summed E-state index contributed by atoms with van der Waals surface area (Å²) in [6, 6.07) is 8.20. The summed E-state index contributed by atoms with van der Waals surface area (Å²) in [5.41, 5.74) is 2.29. The maximum absolute atomic E-state index is 13.2. The first kappa shape index (κ1) is 22.3. The quantitative estimate of drug-likeness (QED) is 0.752. The average molecular weight is 438 g/mol. The number of benzene rings is 2. The third-order valence-electron chi connectivity index (χ3n) is 5.23. The van der Waals surface area contributed by atoms with Gasteiger partial charge in [0.2, 0.25) is 15.9 Å². The van der Waals surface area contributed by atoms with Crippen molar-refractivity contribution < 1.29 is 22.0 Å². The molecule has 9 heteroatoms. The molecule has 1 aliphatic rings. The Labute approximate surface area is 175 Å². The Hall–Kier alpha value is -2.36. The summed E-state index contributed by atoms with van der Waals surface area (Å²) in [6.45, 7) is 5.35. The molecule has 0 unspecified atom stereocenters. The van der Waals surface area contributed by atoms with Crippen LogP contribution in [-0.2, 0) is 21.4 Å². The van der Waals surface area contributed by atoms with Gasteiger partial charge in [0.15, 0.2) is 0 Å². The number of sulfonamides is 1. The minimum atomic E-state index is -3.57. The molecular weight excluding hydrogens is 412 g/mol. The molecule has 0 radical (unpaired) electrons. The zero-order chi connectivity index (χ0) is 21.9. The molecule has 1 heterocycles.